The average Bonchev–Trinajstić information content (AvgIpc) is 2.13. The van der Waals surface area contributed by atoms with Gasteiger partial charge in [0.25, 0.3) is 0 Å². The minimum absolute atomic E-state index is 0.508. The van der Waals surface area contributed by atoms with Crippen LogP contribution in [0.25, 0.3) is 0 Å². The highest BCUT2D eigenvalue weighted by Gasteiger charge is 2.08. The molecule has 4 heteroatoms. The van der Waals surface area contributed by atoms with Crippen LogP contribution in [-0.2, 0) is 6.54 Å². The summed E-state index contributed by atoms with van der Waals surface area (Å²) in [7, 11) is 3.26. The Bertz CT molecular complexity index is 326. The number of hydroxylamine groups is 2. The van der Waals surface area contributed by atoms with Gasteiger partial charge in [0.15, 0.2) is 0 Å². The van der Waals surface area contributed by atoms with Gasteiger partial charge in [-0.1, -0.05) is 6.07 Å². The fourth-order valence-corrected chi connectivity index (χ4v) is 1.82. The molecule has 1 aromatic rings. The SMILES string of the molecule is COc1ccc(CN(C)O)c(C)c1Br. The number of rotatable bonds is 3. The summed E-state index contributed by atoms with van der Waals surface area (Å²) in [6.07, 6.45) is 0. The second-order valence-electron chi connectivity index (χ2n) is 3.18. The van der Waals surface area contributed by atoms with Crippen molar-refractivity contribution in [3.05, 3.63) is 27.7 Å². The summed E-state index contributed by atoms with van der Waals surface area (Å²) in [4.78, 5) is 0. The molecular weight excluding hydrogens is 246 g/mol. The second-order valence-corrected chi connectivity index (χ2v) is 3.97. The Kier molecular flexibility index (Phi) is 3.92. The van der Waals surface area contributed by atoms with Gasteiger partial charge in [0.05, 0.1) is 11.6 Å². The van der Waals surface area contributed by atoms with Crippen molar-refractivity contribution in [1.29, 1.82) is 0 Å². The van der Waals surface area contributed by atoms with E-state index in [-0.39, 0.29) is 0 Å². The number of benzene rings is 1. The molecule has 1 rings (SSSR count). The standard InChI is InChI=1S/C10H14BrNO2/c1-7-8(6-12(2)13)4-5-9(14-3)10(7)11/h4-5,13H,6H2,1-3H3. The molecule has 0 unspecified atom stereocenters. The van der Waals surface area contributed by atoms with Crippen LogP contribution >= 0.6 is 15.9 Å². The normalized spacial score (nSPS) is 10.7. The summed E-state index contributed by atoms with van der Waals surface area (Å²) >= 11 is 3.46. The first-order valence-corrected chi connectivity index (χ1v) is 5.07. The predicted molar refractivity (Wildman–Crippen MR) is 58.7 cm³/mol. The lowest BCUT2D eigenvalue weighted by atomic mass is 10.1. The van der Waals surface area contributed by atoms with Crippen molar-refractivity contribution in [2.45, 2.75) is 13.5 Å². The van der Waals surface area contributed by atoms with Crippen LogP contribution in [0.5, 0.6) is 5.75 Å². The Morgan fingerprint density at radius 2 is 2.14 bits per heavy atom. The second kappa shape index (κ2) is 4.77. The third-order valence-electron chi connectivity index (χ3n) is 2.08. The van der Waals surface area contributed by atoms with Gasteiger partial charge in [0.2, 0.25) is 0 Å². The van der Waals surface area contributed by atoms with E-state index < -0.39 is 0 Å². The van der Waals surface area contributed by atoms with Crippen LogP contribution in [0, 0.1) is 6.92 Å². The van der Waals surface area contributed by atoms with Crippen molar-refractivity contribution < 1.29 is 9.94 Å². The van der Waals surface area contributed by atoms with Crippen LogP contribution < -0.4 is 4.74 Å². The Morgan fingerprint density at radius 1 is 1.50 bits per heavy atom. The molecular formula is C10H14BrNO2. The highest BCUT2D eigenvalue weighted by atomic mass is 79.9. The molecule has 0 atom stereocenters. The van der Waals surface area contributed by atoms with Crippen molar-refractivity contribution in [3.63, 3.8) is 0 Å². The largest absolute Gasteiger partial charge is 0.496 e. The van der Waals surface area contributed by atoms with E-state index in [9.17, 15) is 0 Å². The van der Waals surface area contributed by atoms with Gasteiger partial charge >= 0.3 is 0 Å². The molecule has 1 aromatic carbocycles. The monoisotopic (exact) mass is 259 g/mol. The van der Waals surface area contributed by atoms with Crippen molar-refractivity contribution in [2.75, 3.05) is 14.2 Å². The zero-order chi connectivity index (χ0) is 10.7. The van der Waals surface area contributed by atoms with Gasteiger partial charge in [0, 0.05) is 13.6 Å². The average molecular weight is 260 g/mol. The maximum Gasteiger partial charge on any atom is 0.133 e. The van der Waals surface area contributed by atoms with Crippen LogP contribution in [0.2, 0.25) is 0 Å². The lowest BCUT2D eigenvalue weighted by molar-refractivity contribution is -0.0733. The fraction of sp³-hybridized carbons (Fsp3) is 0.400. The van der Waals surface area contributed by atoms with Crippen LogP contribution in [0.3, 0.4) is 0 Å². The summed E-state index contributed by atoms with van der Waals surface area (Å²) in [5.74, 6) is 0.812. The highest BCUT2D eigenvalue weighted by Crippen LogP contribution is 2.30. The molecule has 0 saturated carbocycles. The molecule has 14 heavy (non-hydrogen) atoms. The van der Waals surface area contributed by atoms with Crippen LogP contribution in [-0.4, -0.2) is 24.4 Å². The van der Waals surface area contributed by atoms with Gasteiger partial charge in [-0.25, -0.2) is 0 Å². The zero-order valence-electron chi connectivity index (χ0n) is 8.54. The number of ether oxygens (including phenoxy) is 1. The molecule has 0 aromatic heterocycles. The van der Waals surface area contributed by atoms with E-state index in [2.05, 4.69) is 15.9 Å². The molecule has 0 amide bonds. The van der Waals surface area contributed by atoms with E-state index >= 15 is 0 Å². The van der Waals surface area contributed by atoms with Crippen molar-refractivity contribution in [2.24, 2.45) is 0 Å². The fourth-order valence-electron chi connectivity index (χ4n) is 1.28. The highest BCUT2D eigenvalue weighted by molar-refractivity contribution is 9.10. The topological polar surface area (TPSA) is 32.7 Å². The van der Waals surface area contributed by atoms with E-state index in [1.165, 1.54) is 0 Å². The molecule has 0 aliphatic carbocycles. The van der Waals surface area contributed by atoms with Crippen LogP contribution in [0.15, 0.2) is 16.6 Å². The quantitative estimate of drug-likeness (QED) is 0.848. The van der Waals surface area contributed by atoms with Gasteiger partial charge < -0.3 is 9.94 Å². The zero-order valence-corrected chi connectivity index (χ0v) is 10.1. The van der Waals surface area contributed by atoms with Gasteiger partial charge in [0.1, 0.15) is 5.75 Å². The predicted octanol–water partition coefficient (Wildman–Crippen LogP) is 2.59. The minimum Gasteiger partial charge on any atom is -0.496 e. The first-order valence-electron chi connectivity index (χ1n) is 4.28. The molecule has 0 saturated heterocycles. The Hall–Kier alpha value is -0.580. The summed E-state index contributed by atoms with van der Waals surface area (Å²) in [5.41, 5.74) is 2.16. The molecule has 1 N–H and O–H groups in total. The van der Waals surface area contributed by atoms with Gasteiger partial charge in [-0.3, -0.25) is 0 Å². The Labute approximate surface area is 92.4 Å². The number of hydrogen-bond acceptors (Lipinski definition) is 3. The number of nitrogens with zero attached hydrogens (tertiary/aromatic N) is 1. The lowest BCUT2D eigenvalue weighted by Gasteiger charge is -2.13. The van der Waals surface area contributed by atoms with Gasteiger partial charge in [-0.2, -0.15) is 5.06 Å². The van der Waals surface area contributed by atoms with E-state index in [0.29, 0.717) is 6.54 Å². The molecule has 3 nitrogen and oxygen atoms in total. The van der Waals surface area contributed by atoms with E-state index in [1.54, 1.807) is 14.2 Å². The maximum atomic E-state index is 9.13. The summed E-state index contributed by atoms with van der Waals surface area (Å²) in [6.45, 7) is 2.50. The van der Waals surface area contributed by atoms with Gasteiger partial charge in [-0.15, -0.1) is 0 Å². The molecule has 0 aliphatic rings. The molecule has 0 radical (unpaired) electrons. The molecule has 0 aliphatic heterocycles. The third kappa shape index (κ3) is 2.47. The summed E-state index contributed by atoms with van der Waals surface area (Å²) in [5, 5.41) is 10.3. The number of hydrogen-bond donors (Lipinski definition) is 1. The van der Waals surface area contributed by atoms with Crippen molar-refractivity contribution in [1.82, 2.24) is 5.06 Å². The third-order valence-corrected chi connectivity index (χ3v) is 3.07. The van der Waals surface area contributed by atoms with Gasteiger partial charge in [-0.05, 0) is 40.0 Å². The van der Waals surface area contributed by atoms with Crippen molar-refractivity contribution >= 4 is 15.9 Å². The maximum absolute atomic E-state index is 9.13. The van der Waals surface area contributed by atoms with Crippen LogP contribution in [0.1, 0.15) is 11.1 Å². The van der Waals surface area contributed by atoms with Crippen molar-refractivity contribution in [3.8, 4) is 5.75 Å². The smallest absolute Gasteiger partial charge is 0.133 e. The molecule has 0 bridgehead atoms. The van der Waals surface area contributed by atoms with E-state index in [4.69, 9.17) is 9.94 Å². The summed E-state index contributed by atoms with van der Waals surface area (Å²) in [6, 6.07) is 3.83. The summed E-state index contributed by atoms with van der Waals surface area (Å²) < 4.78 is 6.11. The van der Waals surface area contributed by atoms with Crippen LogP contribution in [0.4, 0.5) is 0 Å². The van der Waals surface area contributed by atoms with E-state index in [0.717, 1.165) is 26.4 Å². The first-order chi connectivity index (χ1) is 6.56. The lowest BCUT2D eigenvalue weighted by Crippen LogP contribution is -2.12. The first kappa shape index (κ1) is 11.5. The molecule has 0 spiro atoms. The molecule has 0 fully saturated rings. The molecule has 0 heterocycles. The molecule has 78 valence electrons. The number of halogens is 1. The Balaban J connectivity index is 3.04. The van der Waals surface area contributed by atoms with E-state index in [1.807, 2.05) is 19.1 Å². The number of methoxy groups -OCH3 is 1. The Morgan fingerprint density at radius 3 is 2.64 bits per heavy atom. The minimum atomic E-state index is 0.508.